The van der Waals surface area contributed by atoms with Crippen molar-refractivity contribution in [1.29, 1.82) is 0 Å². The normalized spacial score (nSPS) is 12.7. The lowest BCUT2D eigenvalue weighted by atomic mass is 9.90. The number of carbonyl (C=O) groups excluding carboxylic acids is 3. The topological polar surface area (TPSA) is 127 Å². The number of nitrogens with two attached hydrogens (primary N) is 1. The van der Waals surface area contributed by atoms with Crippen LogP contribution in [0, 0.1) is 0 Å². The van der Waals surface area contributed by atoms with Gasteiger partial charge in [0, 0.05) is 18.8 Å². The second kappa shape index (κ2) is 11.6. The second-order valence-electron chi connectivity index (χ2n) is 7.56. The van der Waals surface area contributed by atoms with Crippen LogP contribution < -0.4 is 5.73 Å². The van der Waals surface area contributed by atoms with E-state index < -0.39 is 35.2 Å². The number of nitrogens with zero attached hydrogens (tertiary/aromatic N) is 1. The molecular formula is C21H32N2O7. The molecule has 9 nitrogen and oxygen atoms in total. The molecule has 0 saturated carbocycles. The molecule has 0 radical (unpaired) electrons. The van der Waals surface area contributed by atoms with Crippen LogP contribution in [0.5, 0.6) is 0 Å². The molecule has 0 amide bonds. The Morgan fingerprint density at radius 3 is 2.17 bits per heavy atom. The minimum atomic E-state index is -2.23. The van der Waals surface area contributed by atoms with E-state index in [1.165, 1.54) is 6.20 Å². The Labute approximate surface area is 177 Å². The first-order valence-electron chi connectivity index (χ1n) is 9.91. The van der Waals surface area contributed by atoms with Crippen LogP contribution >= 0.6 is 0 Å². The van der Waals surface area contributed by atoms with Crippen molar-refractivity contribution < 1.29 is 33.3 Å². The molecular weight excluding hydrogens is 392 g/mol. The molecule has 0 aliphatic rings. The Hall–Kier alpha value is -2.52. The maximum atomic E-state index is 12.9. The molecule has 30 heavy (non-hydrogen) atoms. The lowest BCUT2D eigenvalue weighted by Crippen LogP contribution is -2.62. The average molecular weight is 424 g/mol. The number of carbonyl (C=O) groups is 3. The minimum Gasteiger partial charge on any atom is -0.463 e. The number of esters is 3. The third kappa shape index (κ3) is 7.38. The molecule has 2 N–H and O–H groups in total. The van der Waals surface area contributed by atoms with Crippen LogP contribution in [0.4, 0.5) is 0 Å². The van der Waals surface area contributed by atoms with Crippen molar-refractivity contribution in [3.63, 3.8) is 0 Å². The SMILES string of the molecule is CCOC(=O)C(OCc1cccnc1)(C(=O)OCC)C(N)CCC(=O)OC(C)(C)C. The standard InChI is InChI=1S/C21H32N2O7/c1-6-27-18(25)21(19(26)28-7-2,29-14-15-9-8-12-23-13-15)16(22)10-11-17(24)30-20(3,4)5/h8-9,12-13,16H,6-7,10-11,14,22H2,1-5H3. The van der Waals surface area contributed by atoms with E-state index in [1.54, 1.807) is 52.9 Å². The first-order chi connectivity index (χ1) is 14.1. The fourth-order valence-electron chi connectivity index (χ4n) is 2.64. The molecule has 1 aromatic heterocycles. The van der Waals surface area contributed by atoms with E-state index in [-0.39, 0.29) is 32.7 Å². The van der Waals surface area contributed by atoms with Crippen LogP contribution in [0.2, 0.25) is 0 Å². The van der Waals surface area contributed by atoms with E-state index >= 15 is 0 Å². The molecule has 0 aromatic carbocycles. The number of hydrogen-bond donors (Lipinski definition) is 1. The van der Waals surface area contributed by atoms with E-state index in [1.807, 2.05) is 0 Å². The van der Waals surface area contributed by atoms with Gasteiger partial charge >= 0.3 is 17.9 Å². The van der Waals surface area contributed by atoms with E-state index in [0.29, 0.717) is 5.56 Å². The van der Waals surface area contributed by atoms with Crippen molar-refractivity contribution in [3.05, 3.63) is 30.1 Å². The first-order valence-corrected chi connectivity index (χ1v) is 9.91. The lowest BCUT2D eigenvalue weighted by molar-refractivity contribution is -0.196. The predicted molar refractivity (Wildman–Crippen MR) is 108 cm³/mol. The van der Waals surface area contributed by atoms with E-state index in [9.17, 15) is 14.4 Å². The van der Waals surface area contributed by atoms with Crippen LogP contribution in [0.25, 0.3) is 0 Å². The minimum absolute atomic E-state index is 0.00896. The quantitative estimate of drug-likeness (QED) is 0.322. The van der Waals surface area contributed by atoms with Gasteiger partial charge in [-0.05, 0) is 52.7 Å². The molecule has 0 saturated heterocycles. The molecule has 0 spiro atoms. The molecule has 1 aromatic rings. The van der Waals surface area contributed by atoms with Crippen molar-refractivity contribution in [2.45, 2.75) is 71.3 Å². The summed E-state index contributed by atoms with van der Waals surface area (Å²) in [6.45, 7) is 8.30. The fraction of sp³-hybridized carbons (Fsp3) is 0.619. The van der Waals surface area contributed by atoms with Gasteiger partial charge in [0.15, 0.2) is 0 Å². The summed E-state index contributed by atoms with van der Waals surface area (Å²) in [6, 6.07) is 2.21. The van der Waals surface area contributed by atoms with Crippen molar-refractivity contribution in [2.75, 3.05) is 13.2 Å². The van der Waals surface area contributed by atoms with Gasteiger partial charge in [0.2, 0.25) is 0 Å². The summed E-state index contributed by atoms with van der Waals surface area (Å²) < 4.78 is 21.2. The van der Waals surface area contributed by atoms with Crippen molar-refractivity contribution in [2.24, 2.45) is 5.73 Å². The molecule has 1 unspecified atom stereocenters. The first kappa shape index (κ1) is 25.5. The summed E-state index contributed by atoms with van der Waals surface area (Å²) in [5.74, 6) is -2.44. The van der Waals surface area contributed by atoms with E-state index in [0.717, 1.165) is 0 Å². The highest BCUT2D eigenvalue weighted by atomic mass is 16.6. The third-order valence-corrected chi connectivity index (χ3v) is 3.95. The summed E-state index contributed by atoms with van der Waals surface area (Å²) in [5, 5.41) is 0. The van der Waals surface area contributed by atoms with Gasteiger partial charge in [-0.1, -0.05) is 6.07 Å². The number of aromatic nitrogens is 1. The van der Waals surface area contributed by atoms with Gasteiger partial charge < -0.3 is 24.7 Å². The van der Waals surface area contributed by atoms with Crippen LogP contribution in [0.1, 0.15) is 53.0 Å². The maximum absolute atomic E-state index is 12.9. The van der Waals surface area contributed by atoms with Crippen molar-refractivity contribution in [1.82, 2.24) is 4.98 Å². The average Bonchev–Trinajstić information content (AvgIpc) is 2.67. The highest BCUT2D eigenvalue weighted by Gasteiger charge is 2.55. The molecule has 0 aliphatic carbocycles. The largest absolute Gasteiger partial charge is 0.463 e. The summed E-state index contributed by atoms with van der Waals surface area (Å²) in [7, 11) is 0. The van der Waals surface area contributed by atoms with E-state index in [2.05, 4.69) is 4.98 Å². The zero-order chi connectivity index (χ0) is 22.8. The van der Waals surface area contributed by atoms with Gasteiger partial charge in [-0.3, -0.25) is 9.78 Å². The Morgan fingerprint density at radius 2 is 1.70 bits per heavy atom. The number of ether oxygens (including phenoxy) is 4. The van der Waals surface area contributed by atoms with Gasteiger partial charge in [-0.2, -0.15) is 0 Å². The van der Waals surface area contributed by atoms with Crippen LogP contribution in [-0.2, 0) is 39.9 Å². The fourth-order valence-corrected chi connectivity index (χ4v) is 2.64. The van der Waals surface area contributed by atoms with Crippen LogP contribution in [-0.4, -0.2) is 53.3 Å². The molecule has 0 aliphatic heterocycles. The summed E-state index contributed by atoms with van der Waals surface area (Å²) in [4.78, 5) is 41.8. The number of pyridine rings is 1. The highest BCUT2D eigenvalue weighted by molar-refractivity contribution is 6.04. The van der Waals surface area contributed by atoms with Crippen LogP contribution in [0.3, 0.4) is 0 Å². The van der Waals surface area contributed by atoms with Gasteiger partial charge in [-0.25, -0.2) is 9.59 Å². The molecule has 1 heterocycles. The molecule has 0 fully saturated rings. The molecule has 0 bridgehead atoms. The second-order valence-corrected chi connectivity index (χ2v) is 7.56. The maximum Gasteiger partial charge on any atom is 0.352 e. The summed E-state index contributed by atoms with van der Waals surface area (Å²) in [5.41, 5.74) is 3.96. The Balaban J connectivity index is 3.14. The van der Waals surface area contributed by atoms with Crippen molar-refractivity contribution >= 4 is 17.9 Å². The van der Waals surface area contributed by atoms with Gasteiger partial charge in [0.1, 0.15) is 5.60 Å². The number of hydrogen-bond acceptors (Lipinski definition) is 9. The predicted octanol–water partition coefficient (Wildman–Crippen LogP) is 1.91. The van der Waals surface area contributed by atoms with Gasteiger partial charge in [0.05, 0.1) is 25.9 Å². The Bertz CT molecular complexity index is 683. The van der Waals surface area contributed by atoms with Gasteiger partial charge in [0.25, 0.3) is 5.60 Å². The molecule has 1 atom stereocenters. The third-order valence-electron chi connectivity index (χ3n) is 3.95. The summed E-state index contributed by atoms with van der Waals surface area (Å²) in [6.07, 6.45) is 2.95. The molecule has 9 heteroatoms. The smallest absolute Gasteiger partial charge is 0.352 e. The number of rotatable bonds is 11. The van der Waals surface area contributed by atoms with Crippen molar-refractivity contribution in [3.8, 4) is 0 Å². The molecule has 1 rings (SSSR count). The lowest BCUT2D eigenvalue weighted by Gasteiger charge is -2.34. The zero-order valence-corrected chi connectivity index (χ0v) is 18.3. The summed E-state index contributed by atoms with van der Waals surface area (Å²) >= 11 is 0. The molecule has 168 valence electrons. The Morgan fingerprint density at radius 1 is 1.10 bits per heavy atom. The van der Waals surface area contributed by atoms with Crippen LogP contribution in [0.15, 0.2) is 24.5 Å². The zero-order valence-electron chi connectivity index (χ0n) is 18.3. The van der Waals surface area contributed by atoms with Gasteiger partial charge in [-0.15, -0.1) is 0 Å². The Kier molecular flexibility index (Phi) is 9.88. The highest BCUT2D eigenvalue weighted by Crippen LogP contribution is 2.25. The monoisotopic (exact) mass is 424 g/mol. The van der Waals surface area contributed by atoms with E-state index in [4.69, 9.17) is 24.7 Å².